The molecule has 0 fully saturated rings. The number of rotatable bonds is 8. The van der Waals surface area contributed by atoms with Gasteiger partial charge in [-0.05, 0) is 43.5 Å². The summed E-state index contributed by atoms with van der Waals surface area (Å²) in [6.45, 7) is 7.50. The van der Waals surface area contributed by atoms with E-state index >= 15 is 0 Å². The lowest BCUT2D eigenvalue weighted by Crippen LogP contribution is -2.26. The summed E-state index contributed by atoms with van der Waals surface area (Å²) in [5, 5.41) is 6.88. The summed E-state index contributed by atoms with van der Waals surface area (Å²) in [5.74, 6) is 0. The van der Waals surface area contributed by atoms with E-state index in [0.29, 0.717) is 6.04 Å². The van der Waals surface area contributed by atoms with E-state index in [1.165, 1.54) is 16.9 Å². The van der Waals surface area contributed by atoms with Crippen LogP contribution in [0.25, 0.3) is 0 Å². The van der Waals surface area contributed by atoms with Crippen LogP contribution in [0, 0.1) is 0 Å². The van der Waals surface area contributed by atoms with E-state index in [0.717, 1.165) is 19.6 Å². The Bertz CT molecular complexity index is 296. The van der Waals surface area contributed by atoms with Crippen LogP contribution in [0.1, 0.15) is 25.8 Å². The molecule has 0 saturated carbocycles. The average Bonchev–Trinajstić information content (AvgIpc) is 2.34. The molecule has 0 bridgehead atoms. The van der Waals surface area contributed by atoms with Gasteiger partial charge in [-0.1, -0.05) is 26.0 Å². The van der Waals surface area contributed by atoms with Crippen LogP contribution in [0.5, 0.6) is 0 Å². The zero-order valence-electron chi connectivity index (χ0n) is 11.1. The Balaban J connectivity index is 2.09. The van der Waals surface area contributed by atoms with Crippen LogP contribution in [0.3, 0.4) is 0 Å². The average molecular weight is 252 g/mol. The lowest BCUT2D eigenvalue weighted by Gasteiger charge is -2.08. The van der Waals surface area contributed by atoms with Gasteiger partial charge in [0, 0.05) is 17.5 Å². The molecule has 17 heavy (non-hydrogen) atoms. The quantitative estimate of drug-likeness (QED) is 0.549. The molecule has 0 unspecified atom stereocenters. The first-order valence-corrected chi connectivity index (χ1v) is 7.52. The summed E-state index contributed by atoms with van der Waals surface area (Å²) in [5.41, 5.74) is 1.36. The molecule has 0 radical (unpaired) electrons. The van der Waals surface area contributed by atoms with Crippen molar-refractivity contribution in [3.05, 3.63) is 29.8 Å². The van der Waals surface area contributed by atoms with Gasteiger partial charge >= 0.3 is 0 Å². The summed E-state index contributed by atoms with van der Waals surface area (Å²) < 4.78 is 0. The summed E-state index contributed by atoms with van der Waals surface area (Å²) in [6.07, 6.45) is 3.29. The fourth-order valence-corrected chi connectivity index (χ4v) is 1.99. The number of thioether (sulfide) groups is 1. The molecule has 1 aromatic carbocycles. The second kappa shape index (κ2) is 8.56. The second-order valence-electron chi connectivity index (χ2n) is 4.49. The van der Waals surface area contributed by atoms with Gasteiger partial charge in [0.2, 0.25) is 0 Å². The molecule has 0 aliphatic rings. The molecular formula is C14H24N2S. The minimum atomic E-state index is 0.592. The predicted molar refractivity (Wildman–Crippen MR) is 77.7 cm³/mol. The highest BCUT2D eigenvalue weighted by atomic mass is 32.2. The molecule has 2 nitrogen and oxygen atoms in total. The molecule has 2 N–H and O–H groups in total. The molecule has 1 aromatic rings. The maximum Gasteiger partial charge on any atom is 0.0205 e. The minimum absolute atomic E-state index is 0.592. The summed E-state index contributed by atoms with van der Waals surface area (Å²) >= 11 is 1.79. The van der Waals surface area contributed by atoms with Crippen molar-refractivity contribution in [2.45, 2.75) is 37.8 Å². The predicted octanol–water partition coefficient (Wildman–Crippen LogP) is 2.89. The smallest absolute Gasteiger partial charge is 0.0205 e. The molecule has 0 spiro atoms. The van der Waals surface area contributed by atoms with Gasteiger partial charge in [-0.15, -0.1) is 11.8 Å². The van der Waals surface area contributed by atoms with Gasteiger partial charge in [-0.25, -0.2) is 0 Å². The van der Waals surface area contributed by atoms with Gasteiger partial charge in [0.1, 0.15) is 0 Å². The third kappa shape index (κ3) is 6.71. The maximum absolute atomic E-state index is 3.47. The summed E-state index contributed by atoms with van der Waals surface area (Å²) in [6, 6.07) is 9.36. The van der Waals surface area contributed by atoms with E-state index in [1.807, 2.05) is 0 Å². The van der Waals surface area contributed by atoms with Crippen molar-refractivity contribution in [3.8, 4) is 0 Å². The van der Waals surface area contributed by atoms with Crippen LogP contribution in [-0.2, 0) is 6.54 Å². The fraction of sp³-hybridized carbons (Fsp3) is 0.571. The van der Waals surface area contributed by atoms with Crippen LogP contribution in [0.2, 0.25) is 0 Å². The Kier molecular flexibility index (Phi) is 7.33. The van der Waals surface area contributed by atoms with E-state index in [4.69, 9.17) is 0 Å². The minimum Gasteiger partial charge on any atom is -0.314 e. The van der Waals surface area contributed by atoms with Gasteiger partial charge in [0.25, 0.3) is 0 Å². The molecule has 96 valence electrons. The van der Waals surface area contributed by atoms with Crippen molar-refractivity contribution in [1.29, 1.82) is 0 Å². The topological polar surface area (TPSA) is 24.1 Å². The fourth-order valence-electron chi connectivity index (χ4n) is 1.58. The zero-order chi connectivity index (χ0) is 12.5. The van der Waals surface area contributed by atoms with Crippen molar-refractivity contribution in [2.24, 2.45) is 0 Å². The van der Waals surface area contributed by atoms with Crippen molar-refractivity contribution in [3.63, 3.8) is 0 Å². The normalized spacial score (nSPS) is 11.1. The lowest BCUT2D eigenvalue weighted by molar-refractivity contribution is 0.547. The highest BCUT2D eigenvalue weighted by Gasteiger charge is 1.94. The van der Waals surface area contributed by atoms with Gasteiger partial charge in [0.05, 0.1) is 0 Å². The van der Waals surface area contributed by atoms with E-state index in [-0.39, 0.29) is 0 Å². The molecule has 0 amide bonds. The first-order valence-electron chi connectivity index (χ1n) is 6.29. The van der Waals surface area contributed by atoms with Crippen LogP contribution < -0.4 is 10.6 Å². The Morgan fingerprint density at radius 2 is 1.82 bits per heavy atom. The molecule has 0 saturated heterocycles. The highest BCUT2D eigenvalue weighted by molar-refractivity contribution is 7.98. The standard InChI is InChI=1S/C14H24N2S/c1-12(2)16-10-4-9-15-11-13-5-7-14(17-3)8-6-13/h5-8,12,15-16H,4,9-11H2,1-3H3. The SMILES string of the molecule is CSc1ccc(CNCCCNC(C)C)cc1. The first-order chi connectivity index (χ1) is 8.22. The Hall–Kier alpha value is -0.510. The third-order valence-corrected chi connectivity index (χ3v) is 3.31. The maximum atomic E-state index is 3.47. The third-order valence-electron chi connectivity index (χ3n) is 2.57. The summed E-state index contributed by atoms with van der Waals surface area (Å²) in [7, 11) is 0. The molecule has 0 aliphatic carbocycles. The van der Waals surface area contributed by atoms with Crippen molar-refractivity contribution in [1.82, 2.24) is 10.6 Å². The second-order valence-corrected chi connectivity index (χ2v) is 5.37. The molecule has 0 aromatic heterocycles. The molecule has 3 heteroatoms. The van der Waals surface area contributed by atoms with Gasteiger partial charge in [-0.2, -0.15) is 0 Å². The van der Waals surface area contributed by atoms with Crippen LogP contribution >= 0.6 is 11.8 Å². The van der Waals surface area contributed by atoms with E-state index in [2.05, 4.69) is 55.0 Å². The van der Waals surface area contributed by atoms with E-state index in [1.54, 1.807) is 11.8 Å². The van der Waals surface area contributed by atoms with Gasteiger partial charge < -0.3 is 10.6 Å². The highest BCUT2D eigenvalue weighted by Crippen LogP contribution is 2.14. The molecular weight excluding hydrogens is 228 g/mol. The zero-order valence-corrected chi connectivity index (χ0v) is 11.9. The number of hydrogen-bond acceptors (Lipinski definition) is 3. The lowest BCUT2D eigenvalue weighted by atomic mass is 10.2. The Morgan fingerprint density at radius 1 is 1.12 bits per heavy atom. The molecule has 0 atom stereocenters. The molecule has 1 rings (SSSR count). The Labute approximate surface area is 110 Å². The number of benzene rings is 1. The van der Waals surface area contributed by atoms with Crippen molar-refractivity contribution >= 4 is 11.8 Å². The molecule has 0 aliphatic heterocycles. The largest absolute Gasteiger partial charge is 0.314 e. The van der Waals surface area contributed by atoms with E-state index < -0.39 is 0 Å². The number of hydrogen-bond donors (Lipinski definition) is 2. The van der Waals surface area contributed by atoms with Gasteiger partial charge in [0.15, 0.2) is 0 Å². The van der Waals surface area contributed by atoms with E-state index in [9.17, 15) is 0 Å². The molecule has 0 heterocycles. The van der Waals surface area contributed by atoms with Gasteiger partial charge in [-0.3, -0.25) is 0 Å². The van der Waals surface area contributed by atoms with Crippen molar-refractivity contribution in [2.75, 3.05) is 19.3 Å². The monoisotopic (exact) mass is 252 g/mol. The van der Waals surface area contributed by atoms with Crippen molar-refractivity contribution < 1.29 is 0 Å². The van der Waals surface area contributed by atoms with Crippen LogP contribution in [0.4, 0.5) is 0 Å². The number of nitrogens with one attached hydrogen (secondary N) is 2. The van der Waals surface area contributed by atoms with Crippen LogP contribution in [-0.4, -0.2) is 25.4 Å². The Morgan fingerprint density at radius 3 is 2.41 bits per heavy atom. The van der Waals surface area contributed by atoms with Crippen LogP contribution in [0.15, 0.2) is 29.2 Å². The summed E-state index contributed by atoms with van der Waals surface area (Å²) in [4.78, 5) is 1.33. The first kappa shape index (κ1) is 14.6.